The molecule has 9 nitrogen and oxygen atoms in total. The van der Waals surface area contributed by atoms with Gasteiger partial charge in [0, 0.05) is 32.2 Å². The average molecular weight is 514 g/mol. The average Bonchev–Trinajstić information content (AvgIpc) is 3.12. The molecule has 1 atom stereocenters. The van der Waals surface area contributed by atoms with Gasteiger partial charge in [-0.15, -0.1) is 0 Å². The second-order valence-corrected chi connectivity index (χ2v) is 11.0. The number of nitrogens with one attached hydrogen (secondary N) is 1. The molecule has 3 saturated heterocycles. The van der Waals surface area contributed by atoms with Gasteiger partial charge in [-0.3, -0.25) is 9.69 Å². The van der Waals surface area contributed by atoms with Crippen LogP contribution in [0, 0.1) is 24.2 Å². The fourth-order valence-electron chi connectivity index (χ4n) is 6.38. The Balaban J connectivity index is 1.16. The number of ether oxygens (including phenoxy) is 1. The van der Waals surface area contributed by atoms with Gasteiger partial charge in [0.05, 0.1) is 23.2 Å². The predicted molar refractivity (Wildman–Crippen MR) is 145 cm³/mol. The normalized spacial score (nSPS) is 22.2. The largest absolute Gasteiger partial charge is 0.486 e. The van der Waals surface area contributed by atoms with Gasteiger partial charge in [0.25, 0.3) is 0 Å². The van der Waals surface area contributed by atoms with E-state index in [1.54, 1.807) is 6.33 Å². The molecule has 0 aliphatic carbocycles. The lowest BCUT2D eigenvalue weighted by Crippen LogP contribution is -2.61. The van der Waals surface area contributed by atoms with Crippen LogP contribution >= 0.6 is 0 Å². The number of nitrogens with zero attached hydrogens (tertiary/aromatic N) is 6. The Morgan fingerprint density at radius 3 is 2.76 bits per heavy atom. The van der Waals surface area contributed by atoms with Gasteiger partial charge in [-0.1, -0.05) is 12.6 Å². The number of hydrogen-bond acceptors (Lipinski definition) is 8. The third-order valence-corrected chi connectivity index (χ3v) is 8.60. The van der Waals surface area contributed by atoms with Crippen LogP contribution in [-0.4, -0.2) is 71.0 Å². The maximum absolute atomic E-state index is 11.8. The molecule has 4 aliphatic rings. The van der Waals surface area contributed by atoms with Crippen molar-refractivity contribution in [3.05, 3.63) is 47.8 Å². The number of amides is 1. The van der Waals surface area contributed by atoms with E-state index >= 15 is 0 Å². The summed E-state index contributed by atoms with van der Waals surface area (Å²) >= 11 is 0. The van der Waals surface area contributed by atoms with Crippen LogP contribution in [0.4, 0.5) is 17.3 Å². The van der Waals surface area contributed by atoms with Crippen molar-refractivity contribution in [3.8, 4) is 11.8 Å². The highest BCUT2D eigenvalue weighted by molar-refractivity contribution is 5.87. The van der Waals surface area contributed by atoms with Gasteiger partial charge in [0.2, 0.25) is 5.91 Å². The number of carbonyl (C=O) groups excluding carboxylic acids is 1. The van der Waals surface area contributed by atoms with E-state index in [4.69, 9.17) is 4.74 Å². The number of rotatable bonds is 4. The molecule has 1 aromatic carbocycles. The van der Waals surface area contributed by atoms with Crippen molar-refractivity contribution < 1.29 is 9.53 Å². The minimum absolute atomic E-state index is 0.0281. The SMILES string of the molecule is C=CC(=O)N1CC(N2CCC(c3cc(C)c4c(c3)Nc3ncnc(N5CCCC(C#N)C5)c3CO4)CC2)C1. The van der Waals surface area contributed by atoms with Crippen molar-refractivity contribution in [2.75, 3.05) is 49.5 Å². The van der Waals surface area contributed by atoms with E-state index in [1.165, 1.54) is 11.6 Å². The van der Waals surface area contributed by atoms with Crippen LogP contribution in [0.25, 0.3) is 0 Å². The van der Waals surface area contributed by atoms with Gasteiger partial charge in [-0.05, 0) is 74.9 Å². The zero-order valence-corrected chi connectivity index (χ0v) is 22.0. The maximum atomic E-state index is 11.8. The van der Waals surface area contributed by atoms with Crippen molar-refractivity contribution in [1.29, 1.82) is 5.26 Å². The Kier molecular flexibility index (Phi) is 6.66. The molecule has 4 aliphatic heterocycles. The van der Waals surface area contributed by atoms with Crippen LogP contribution in [-0.2, 0) is 11.4 Å². The van der Waals surface area contributed by atoms with E-state index in [9.17, 15) is 10.1 Å². The lowest BCUT2D eigenvalue weighted by atomic mass is 9.87. The third kappa shape index (κ3) is 4.58. The molecular weight excluding hydrogens is 478 g/mol. The first-order valence-electron chi connectivity index (χ1n) is 13.7. The molecule has 0 radical (unpaired) electrons. The number of fused-ring (bicyclic) bond motifs is 2. The number of aryl methyl sites for hydroxylation is 1. The first-order chi connectivity index (χ1) is 18.5. The van der Waals surface area contributed by atoms with E-state index in [-0.39, 0.29) is 11.8 Å². The van der Waals surface area contributed by atoms with Crippen LogP contribution in [0.2, 0.25) is 0 Å². The van der Waals surface area contributed by atoms with E-state index in [2.05, 4.69) is 56.8 Å². The highest BCUT2D eigenvalue weighted by Gasteiger charge is 2.36. The van der Waals surface area contributed by atoms with Crippen molar-refractivity contribution in [2.24, 2.45) is 5.92 Å². The second kappa shape index (κ2) is 10.3. The van der Waals surface area contributed by atoms with Crippen molar-refractivity contribution >= 4 is 23.2 Å². The van der Waals surface area contributed by atoms with Crippen molar-refractivity contribution in [3.63, 3.8) is 0 Å². The number of piperidine rings is 2. The molecule has 9 heteroatoms. The summed E-state index contributed by atoms with van der Waals surface area (Å²) in [5.41, 5.74) is 4.35. The Labute approximate surface area is 224 Å². The summed E-state index contributed by atoms with van der Waals surface area (Å²) in [5.74, 6) is 3.06. The van der Waals surface area contributed by atoms with Crippen LogP contribution in [0.5, 0.6) is 5.75 Å². The smallest absolute Gasteiger partial charge is 0.246 e. The van der Waals surface area contributed by atoms with Gasteiger partial charge >= 0.3 is 0 Å². The molecule has 198 valence electrons. The Bertz CT molecular complexity index is 1270. The van der Waals surface area contributed by atoms with Crippen LogP contribution < -0.4 is 15.0 Å². The molecule has 1 aromatic heterocycles. The molecule has 0 spiro atoms. The monoisotopic (exact) mass is 513 g/mol. The third-order valence-electron chi connectivity index (χ3n) is 8.60. The first kappa shape index (κ1) is 24.7. The van der Waals surface area contributed by atoms with E-state index < -0.39 is 0 Å². The first-order valence-corrected chi connectivity index (χ1v) is 13.7. The molecule has 38 heavy (non-hydrogen) atoms. The van der Waals surface area contributed by atoms with Gasteiger partial charge < -0.3 is 19.9 Å². The molecule has 1 N–H and O–H groups in total. The number of nitriles is 1. The number of aromatic nitrogens is 2. The summed E-state index contributed by atoms with van der Waals surface area (Å²) in [7, 11) is 0. The van der Waals surface area contributed by atoms with Crippen LogP contribution in [0.1, 0.15) is 48.3 Å². The Hall–Kier alpha value is -3.64. The van der Waals surface area contributed by atoms with Crippen molar-refractivity contribution in [2.45, 2.75) is 51.2 Å². The number of anilines is 3. The number of likely N-dealkylation sites (tertiary alicyclic amines) is 2. The molecule has 1 unspecified atom stereocenters. The summed E-state index contributed by atoms with van der Waals surface area (Å²) in [6.07, 6.45) is 7.14. The zero-order chi connectivity index (χ0) is 26.2. The highest BCUT2D eigenvalue weighted by atomic mass is 16.5. The standard InChI is InChI=1S/C29H35N7O2/c1-3-26(37)36-15-23(16-36)34-9-6-21(7-10-34)22-11-19(2)27-25(12-22)33-28-24(17-38-27)29(32-18-31-28)35-8-4-5-20(13-30)14-35/h3,11-12,18,20-21,23H,1,4-10,14-17H2,2H3,(H,31,32,33). The fraction of sp³-hybridized carbons (Fsp3) is 0.517. The van der Waals surface area contributed by atoms with Crippen molar-refractivity contribution in [1.82, 2.24) is 19.8 Å². The quantitative estimate of drug-likeness (QED) is 0.618. The zero-order valence-electron chi connectivity index (χ0n) is 22.0. The Morgan fingerprint density at radius 2 is 2.00 bits per heavy atom. The van der Waals surface area contributed by atoms with Gasteiger partial charge in [0.15, 0.2) is 0 Å². The topological polar surface area (TPSA) is 97.6 Å². The molecule has 3 fully saturated rings. The minimum Gasteiger partial charge on any atom is -0.486 e. The summed E-state index contributed by atoms with van der Waals surface area (Å²) in [4.78, 5) is 27.6. The molecular formula is C29H35N7O2. The predicted octanol–water partition coefficient (Wildman–Crippen LogP) is 3.74. The van der Waals surface area contributed by atoms with Gasteiger partial charge in [0.1, 0.15) is 30.3 Å². The molecule has 1 amide bonds. The van der Waals surface area contributed by atoms with Crippen LogP contribution in [0.15, 0.2) is 31.1 Å². The van der Waals surface area contributed by atoms with E-state index in [1.807, 2.05) is 4.90 Å². The van der Waals surface area contributed by atoms with E-state index in [0.29, 0.717) is 25.1 Å². The maximum Gasteiger partial charge on any atom is 0.246 e. The molecule has 5 heterocycles. The van der Waals surface area contributed by atoms with Gasteiger partial charge in [-0.2, -0.15) is 5.26 Å². The van der Waals surface area contributed by atoms with Gasteiger partial charge in [-0.25, -0.2) is 9.97 Å². The molecule has 6 rings (SSSR count). The fourth-order valence-corrected chi connectivity index (χ4v) is 6.38. The number of carbonyl (C=O) groups is 1. The van der Waals surface area contributed by atoms with E-state index in [0.717, 1.165) is 92.6 Å². The highest BCUT2D eigenvalue weighted by Crippen LogP contribution is 2.42. The lowest BCUT2D eigenvalue weighted by Gasteiger charge is -2.47. The summed E-state index contributed by atoms with van der Waals surface area (Å²) in [6, 6.07) is 7.41. The summed E-state index contributed by atoms with van der Waals surface area (Å²) in [5, 5.41) is 13.0. The molecule has 0 bridgehead atoms. The molecule has 2 aromatic rings. The molecule has 0 saturated carbocycles. The lowest BCUT2D eigenvalue weighted by molar-refractivity contribution is -0.133. The van der Waals surface area contributed by atoms with Crippen LogP contribution in [0.3, 0.4) is 0 Å². The Morgan fingerprint density at radius 1 is 1.18 bits per heavy atom. The summed E-state index contributed by atoms with van der Waals surface area (Å²) < 4.78 is 6.36. The summed E-state index contributed by atoms with van der Waals surface area (Å²) in [6.45, 7) is 11.4. The number of hydrogen-bond donors (Lipinski definition) is 1. The number of benzene rings is 1. The second-order valence-electron chi connectivity index (χ2n) is 11.0. The minimum atomic E-state index is 0.0281.